The van der Waals surface area contributed by atoms with E-state index < -0.39 is 24.0 Å². The van der Waals surface area contributed by atoms with Crippen LogP contribution in [0.25, 0.3) is 0 Å². The van der Waals surface area contributed by atoms with Crippen LogP contribution >= 0.6 is 23.8 Å². The van der Waals surface area contributed by atoms with Crippen LogP contribution in [0.2, 0.25) is 5.02 Å². The highest BCUT2D eigenvalue weighted by molar-refractivity contribution is 7.80. The molecule has 1 heterocycles. The van der Waals surface area contributed by atoms with Crippen LogP contribution in [0.3, 0.4) is 0 Å². The Morgan fingerprint density at radius 3 is 2.70 bits per heavy atom. The third kappa shape index (κ3) is 4.50. The standard InChI is InChI=1S/C21H21ClFNO5S/c1-4-28-18(25)10-17-21(30)24-15-9-14(23)13(22)8-12(15)19(29-17)11-6-5-7-16(26-2)20(11)27-3/h5-9,17,19H,4,10H2,1-3H3,(H,24,30)/t17-,19-/m1/s1. The van der Waals surface area contributed by atoms with Gasteiger partial charge in [-0.25, -0.2) is 4.39 Å². The molecule has 0 aliphatic carbocycles. The first-order chi connectivity index (χ1) is 14.4. The lowest BCUT2D eigenvalue weighted by Crippen LogP contribution is -2.31. The Kier molecular flexibility index (Phi) is 7.12. The third-order valence-electron chi connectivity index (χ3n) is 4.60. The van der Waals surface area contributed by atoms with E-state index in [1.807, 2.05) is 0 Å². The molecule has 30 heavy (non-hydrogen) atoms. The summed E-state index contributed by atoms with van der Waals surface area (Å²) in [5.74, 6) is -0.127. The van der Waals surface area contributed by atoms with Gasteiger partial charge in [-0.1, -0.05) is 36.0 Å². The van der Waals surface area contributed by atoms with Gasteiger partial charge in [0.25, 0.3) is 0 Å². The van der Waals surface area contributed by atoms with Crippen LogP contribution in [0.5, 0.6) is 11.5 Å². The van der Waals surface area contributed by atoms with E-state index in [4.69, 9.17) is 42.8 Å². The first-order valence-corrected chi connectivity index (χ1v) is 10.00. The summed E-state index contributed by atoms with van der Waals surface area (Å²) in [5, 5.41) is 2.91. The number of benzene rings is 2. The molecule has 0 bridgehead atoms. The second kappa shape index (κ2) is 9.59. The predicted octanol–water partition coefficient (Wildman–Crippen LogP) is 4.68. The van der Waals surface area contributed by atoms with E-state index in [1.54, 1.807) is 25.1 Å². The van der Waals surface area contributed by atoms with E-state index in [9.17, 15) is 9.18 Å². The minimum Gasteiger partial charge on any atom is -0.493 e. The van der Waals surface area contributed by atoms with Crippen LogP contribution in [-0.4, -0.2) is 37.9 Å². The van der Waals surface area contributed by atoms with Gasteiger partial charge >= 0.3 is 5.97 Å². The van der Waals surface area contributed by atoms with E-state index >= 15 is 0 Å². The third-order valence-corrected chi connectivity index (χ3v) is 5.25. The van der Waals surface area contributed by atoms with Crippen molar-refractivity contribution in [1.29, 1.82) is 0 Å². The van der Waals surface area contributed by atoms with Gasteiger partial charge in [-0.3, -0.25) is 4.79 Å². The van der Waals surface area contributed by atoms with Gasteiger partial charge in [0.05, 0.1) is 32.3 Å². The molecular weight excluding hydrogens is 433 g/mol. The summed E-state index contributed by atoms with van der Waals surface area (Å²) in [7, 11) is 3.03. The summed E-state index contributed by atoms with van der Waals surface area (Å²) in [6.07, 6.45) is -1.68. The number of halogens is 2. The topological polar surface area (TPSA) is 66.0 Å². The number of fused-ring (bicyclic) bond motifs is 1. The van der Waals surface area contributed by atoms with Gasteiger partial charge in [-0.15, -0.1) is 0 Å². The molecule has 6 nitrogen and oxygen atoms in total. The maximum Gasteiger partial charge on any atom is 0.308 e. The van der Waals surface area contributed by atoms with Crippen molar-refractivity contribution >= 4 is 40.5 Å². The van der Waals surface area contributed by atoms with Crippen molar-refractivity contribution in [3.63, 3.8) is 0 Å². The number of nitrogens with one attached hydrogen (secondary N) is 1. The zero-order valence-corrected chi connectivity index (χ0v) is 18.2. The Morgan fingerprint density at radius 2 is 2.03 bits per heavy atom. The number of esters is 1. The lowest BCUT2D eigenvalue weighted by atomic mass is 9.98. The number of anilines is 1. The van der Waals surface area contributed by atoms with E-state index in [0.717, 1.165) is 0 Å². The molecule has 1 aliphatic heterocycles. The molecule has 160 valence electrons. The summed E-state index contributed by atoms with van der Waals surface area (Å²) in [4.78, 5) is 12.3. The lowest BCUT2D eigenvalue weighted by molar-refractivity contribution is -0.145. The fourth-order valence-corrected chi connectivity index (χ4v) is 3.69. The van der Waals surface area contributed by atoms with Crippen LogP contribution in [0.1, 0.15) is 30.6 Å². The van der Waals surface area contributed by atoms with Crippen LogP contribution in [0, 0.1) is 5.82 Å². The Morgan fingerprint density at radius 1 is 1.27 bits per heavy atom. The molecule has 1 aliphatic rings. The average molecular weight is 454 g/mol. The molecule has 3 rings (SSSR count). The van der Waals surface area contributed by atoms with Gasteiger partial charge in [-0.05, 0) is 25.1 Å². The molecule has 0 spiro atoms. The highest BCUT2D eigenvalue weighted by Gasteiger charge is 2.34. The van der Waals surface area contributed by atoms with E-state index in [0.29, 0.717) is 28.3 Å². The molecule has 2 atom stereocenters. The Hall–Kier alpha value is -2.42. The van der Waals surface area contributed by atoms with Crippen LogP contribution < -0.4 is 14.8 Å². The average Bonchev–Trinajstić information content (AvgIpc) is 2.84. The van der Waals surface area contributed by atoms with Crippen molar-refractivity contribution in [2.75, 3.05) is 26.1 Å². The number of para-hydroxylation sites is 1. The quantitative estimate of drug-likeness (QED) is 0.503. The Balaban J connectivity index is 2.14. The number of carbonyl (C=O) groups is 1. The van der Waals surface area contributed by atoms with Gasteiger partial charge in [0, 0.05) is 16.8 Å². The molecule has 0 fully saturated rings. The van der Waals surface area contributed by atoms with Crippen molar-refractivity contribution in [1.82, 2.24) is 0 Å². The van der Waals surface area contributed by atoms with E-state index in [2.05, 4.69) is 5.32 Å². The normalized spacial score (nSPS) is 18.1. The zero-order chi connectivity index (χ0) is 21.8. The highest BCUT2D eigenvalue weighted by atomic mass is 35.5. The molecule has 0 amide bonds. The van der Waals surface area contributed by atoms with Gasteiger partial charge in [0.2, 0.25) is 0 Å². The molecule has 0 saturated heterocycles. The predicted molar refractivity (Wildman–Crippen MR) is 115 cm³/mol. The van der Waals surface area contributed by atoms with Gasteiger partial charge in [0.1, 0.15) is 23.0 Å². The molecule has 0 saturated carbocycles. The van der Waals surface area contributed by atoms with E-state index in [1.165, 1.54) is 26.4 Å². The Bertz CT molecular complexity index is 971. The lowest BCUT2D eigenvalue weighted by Gasteiger charge is -2.24. The van der Waals surface area contributed by atoms with Crippen LogP contribution in [-0.2, 0) is 14.3 Å². The van der Waals surface area contributed by atoms with Crippen LogP contribution in [0.15, 0.2) is 30.3 Å². The van der Waals surface area contributed by atoms with Gasteiger partial charge in [-0.2, -0.15) is 0 Å². The molecule has 0 unspecified atom stereocenters. The summed E-state index contributed by atoms with van der Waals surface area (Å²) < 4.78 is 36.4. The minimum atomic E-state index is -0.811. The van der Waals surface area contributed by atoms with Gasteiger partial charge < -0.3 is 24.3 Å². The van der Waals surface area contributed by atoms with Crippen molar-refractivity contribution in [2.24, 2.45) is 0 Å². The molecule has 2 aromatic rings. The molecule has 0 aromatic heterocycles. The monoisotopic (exact) mass is 453 g/mol. The largest absolute Gasteiger partial charge is 0.493 e. The SMILES string of the molecule is CCOC(=O)C[C@H]1O[C@H](c2cccc(OC)c2OC)c2cc(Cl)c(F)cc2NC1=S. The maximum atomic E-state index is 14.2. The fourth-order valence-electron chi connectivity index (χ4n) is 3.27. The highest BCUT2D eigenvalue weighted by Crippen LogP contribution is 2.44. The summed E-state index contributed by atoms with van der Waals surface area (Å²) in [5.41, 5.74) is 1.55. The van der Waals surface area contributed by atoms with Crippen molar-refractivity contribution in [3.05, 3.63) is 52.3 Å². The minimum absolute atomic E-state index is 0.0687. The second-order valence-electron chi connectivity index (χ2n) is 6.44. The smallest absolute Gasteiger partial charge is 0.308 e. The maximum absolute atomic E-state index is 14.2. The molecule has 0 radical (unpaired) electrons. The summed E-state index contributed by atoms with van der Waals surface area (Å²) in [6.45, 7) is 1.95. The Labute approximate surface area is 184 Å². The van der Waals surface area contributed by atoms with Crippen LogP contribution in [0.4, 0.5) is 10.1 Å². The van der Waals surface area contributed by atoms with Crippen molar-refractivity contribution in [2.45, 2.75) is 25.6 Å². The van der Waals surface area contributed by atoms with Crippen molar-refractivity contribution in [3.8, 4) is 11.5 Å². The number of ether oxygens (including phenoxy) is 4. The molecular formula is C21H21ClFNO5S. The summed E-state index contributed by atoms with van der Waals surface area (Å²) >= 11 is 11.5. The zero-order valence-electron chi connectivity index (χ0n) is 16.7. The molecule has 9 heteroatoms. The number of rotatable bonds is 6. The number of methoxy groups -OCH3 is 2. The number of thiocarbonyl (C=S) groups is 1. The van der Waals surface area contributed by atoms with Gasteiger partial charge in [0.15, 0.2) is 11.5 Å². The number of hydrogen-bond donors (Lipinski definition) is 1. The number of hydrogen-bond acceptors (Lipinski definition) is 6. The molecule has 2 aromatic carbocycles. The molecule has 1 N–H and O–H groups in total. The first-order valence-electron chi connectivity index (χ1n) is 9.21. The second-order valence-corrected chi connectivity index (χ2v) is 7.29. The first kappa shape index (κ1) is 22.3. The van der Waals surface area contributed by atoms with Crippen molar-refractivity contribution < 1.29 is 28.1 Å². The fraction of sp³-hybridized carbons (Fsp3) is 0.333. The van der Waals surface area contributed by atoms with E-state index in [-0.39, 0.29) is 23.0 Å². The number of carbonyl (C=O) groups excluding carboxylic acids is 1. The summed E-state index contributed by atoms with van der Waals surface area (Å²) in [6, 6.07) is 8.04.